The van der Waals surface area contributed by atoms with Crippen molar-refractivity contribution in [3.8, 4) is 0 Å². The Morgan fingerprint density at radius 1 is 0.760 bits per heavy atom. The Kier molecular flexibility index (Phi) is 11.3. The topological polar surface area (TPSA) is 21.1 Å². The fraction of sp³-hybridized carbons (Fsp3) is 0.833. The van der Waals surface area contributed by atoms with Gasteiger partial charge in [0.1, 0.15) is 8.24 Å². The lowest BCUT2D eigenvalue weighted by Gasteiger charge is -2.25. The van der Waals surface area contributed by atoms with Gasteiger partial charge in [-0.2, -0.15) is 0 Å². The number of hydrogen-bond donors (Lipinski definition) is 0. The zero-order chi connectivity index (χ0) is 20.7. The van der Waals surface area contributed by atoms with Crippen LogP contribution in [-0.2, 0) is 0 Å². The predicted octanol–water partition coefficient (Wildman–Crippen LogP) is 6.15. The standard InChI is InChI=1S/C7H20Si2.C6H12N2Si.C5H15NSi/c1-8(2,3)7-9(4,5)6;1-9(2,3)8-5-4-7-6-8;1-6(2)7(3,4)5/h7H2,1-6H3;4-6H,1-3H3;1-5H3. The minimum absolute atomic E-state index is 0.731. The minimum atomic E-state index is -1.13. The maximum Gasteiger partial charge on any atom is 0.154 e. The van der Waals surface area contributed by atoms with E-state index in [9.17, 15) is 0 Å². The lowest BCUT2D eigenvalue weighted by molar-refractivity contribution is 0.627. The quantitative estimate of drug-likeness (QED) is 0.548. The molecule has 0 amide bonds. The van der Waals surface area contributed by atoms with Gasteiger partial charge >= 0.3 is 0 Å². The number of hydrogen-bond acceptors (Lipinski definition) is 2. The molecule has 0 saturated heterocycles. The van der Waals surface area contributed by atoms with Crippen molar-refractivity contribution in [3.63, 3.8) is 0 Å². The fourth-order valence-corrected chi connectivity index (χ4v) is 15.9. The molecule has 150 valence electrons. The SMILES string of the molecule is CN(C)[Si](C)(C)C.C[Si](C)(C)C[Si](C)(C)C.C[Si](C)(C)n1ccnc1. The summed E-state index contributed by atoms with van der Waals surface area (Å²) in [6, 6.07) is 0. The van der Waals surface area contributed by atoms with Crippen molar-refractivity contribution in [3.05, 3.63) is 18.7 Å². The molecule has 1 rings (SSSR count). The van der Waals surface area contributed by atoms with E-state index in [2.05, 4.69) is 106 Å². The Bertz CT molecular complexity index is 433. The van der Waals surface area contributed by atoms with Crippen LogP contribution in [0.15, 0.2) is 18.7 Å². The highest BCUT2D eigenvalue weighted by atomic mass is 28.4. The van der Waals surface area contributed by atoms with Gasteiger partial charge in [-0.25, -0.2) is 4.98 Å². The minimum Gasteiger partial charge on any atom is -0.365 e. The molecule has 0 N–H and O–H groups in total. The molecule has 0 atom stereocenters. The van der Waals surface area contributed by atoms with E-state index in [4.69, 9.17) is 0 Å². The predicted molar refractivity (Wildman–Crippen MR) is 130 cm³/mol. The van der Waals surface area contributed by atoms with Crippen molar-refractivity contribution in [2.75, 3.05) is 14.1 Å². The van der Waals surface area contributed by atoms with Crippen LogP contribution in [0, 0.1) is 0 Å². The highest BCUT2D eigenvalue weighted by molar-refractivity contribution is 6.94. The molecule has 3 nitrogen and oxygen atoms in total. The van der Waals surface area contributed by atoms with E-state index in [1.165, 1.54) is 0 Å². The second-order valence-electron chi connectivity index (χ2n) is 11.5. The van der Waals surface area contributed by atoms with Crippen LogP contribution >= 0.6 is 0 Å². The zero-order valence-corrected chi connectivity index (χ0v) is 23.8. The van der Waals surface area contributed by atoms with E-state index >= 15 is 0 Å². The van der Waals surface area contributed by atoms with Crippen molar-refractivity contribution in [1.82, 2.24) is 13.8 Å². The third-order valence-corrected chi connectivity index (χ3v) is 16.7. The maximum absolute atomic E-state index is 3.99. The molecule has 0 bridgehead atoms. The Morgan fingerprint density at radius 3 is 1.20 bits per heavy atom. The second kappa shape index (κ2) is 10.4. The molecule has 0 aliphatic carbocycles. The molecule has 0 aliphatic heterocycles. The monoisotopic (exact) mass is 417 g/mol. The first-order valence-corrected chi connectivity index (χ1v) is 23.7. The van der Waals surface area contributed by atoms with Crippen LogP contribution in [0.5, 0.6) is 0 Å². The summed E-state index contributed by atoms with van der Waals surface area (Å²) in [4.78, 5) is 3.99. The number of imidazole rings is 1. The van der Waals surface area contributed by atoms with E-state index < -0.39 is 32.6 Å². The molecule has 7 heteroatoms. The van der Waals surface area contributed by atoms with Gasteiger partial charge in [-0.1, -0.05) is 84.2 Å². The van der Waals surface area contributed by atoms with Gasteiger partial charge < -0.3 is 8.80 Å². The summed E-state index contributed by atoms with van der Waals surface area (Å²) in [7, 11) is 0.800. The lowest BCUT2D eigenvalue weighted by Crippen LogP contribution is -2.39. The molecule has 0 radical (unpaired) electrons. The highest BCUT2D eigenvalue weighted by Gasteiger charge is 2.23. The molecular weight excluding hydrogens is 371 g/mol. The van der Waals surface area contributed by atoms with Gasteiger partial charge in [0.25, 0.3) is 0 Å². The maximum atomic E-state index is 3.99. The molecular formula is C18H47N3Si4. The fourth-order valence-electron chi connectivity index (χ4n) is 2.25. The van der Waals surface area contributed by atoms with Crippen molar-refractivity contribution in [2.45, 2.75) is 84.2 Å². The van der Waals surface area contributed by atoms with Crippen LogP contribution in [-0.4, -0.2) is 60.5 Å². The third-order valence-electron chi connectivity index (χ3n) is 3.68. The molecule has 0 fully saturated rings. The Balaban J connectivity index is 0. The molecule has 0 unspecified atom stereocenters. The van der Waals surface area contributed by atoms with Crippen LogP contribution in [0.3, 0.4) is 0 Å². The van der Waals surface area contributed by atoms with Crippen LogP contribution in [0.1, 0.15) is 0 Å². The first-order chi connectivity index (χ1) is 10.8. The summed E-state index contributed by atoms with van der Waals surface area (Å²) in [6.45, 7) is 28.6. The Labute approximate surface area is 163 Å². The molecule has 0 aliphatic rings. The van der Waals surface area contributed by atoms with Gasteiger partial charge in [-0.15, -0.1) is 0 Å². The van der Waals surface area contributed by atoms with Crippen molar-refractivity contribution < 1.29 is 0 Å². The molecule has 1 heterocycles. The summed E-state index contributed by atoms with van der Waals surface area (Å²) in [5.74, 6) is 0. The average molecular weight is 418 g/mol. The largest absolute Gasteiger partial charge is 0.365 e. The van der Waals surface area contributed by atoms with Crippen molar-refractivity contribution >= 4 is 32.6 Å². The van der Waals surface area contributed by atoms with Gasteiger partial charge in [-0.3, -0.25) is 0 Å². The highest BCUT2D eigenvalue weighted by Crippen LogP contribution is 2.18. The van der Waals surface area contributed by atoms with Crippen molar-refractivity contribution in [1.29, 1.82) is 0 Å². The Hall–Kier alpha value is 0.0375. The zero-order valence-electron chi connectivity index (χ0n) is 19.8. The first-order valence-electron chi connectivity index (χ1n) is 9.41. The van der Waals surface area contributed by atoms with Crippen LogP contribution in [0.25, 0.3) is 0 Å². The normalized spacial score (nSPS) is 12.9. The van der Waals surface area contributed by atoms with E-state index in [1.807, 2.05) is 18.7 Å². The van der Waals surface area contributed by atoms with Crippen molar-refractivity contribution in [2.24, 2.45) is 0 Å². The average Bonchev–Trinajstić information content (AvgIpc) is 2.75. The van der Waals surface area contributed by atoms with E-state index in [-0.39, 0.29) is 0 Å². The van der Waals surface area contributed by atoms with Gasteiger partial charge in [-0.05, 0) is 14.1 Å². The first kappa shape index (κ1) is 27.3. The molecule has 0 saturated carbocycles. The molecule has 25 heavy (non-hydrogen) atoms. The summed E-state index contributed by atoms with van der Waals surface area (Å²) in [6.07, 6.45) is 5.76. The summed E-state index contributed by atoms with van der Waals surface area (Å²) >= 11 is 0. The van der Waals surface area contributed by atoms with Crippen LogP contribution in [0.4, 0.5) is 0 Å². The lowest BCUT2D eigenvalue weighted by atomic mass is 11.0. The van der Waals surface area contributed by atoms with Gasteiger partial charge in [0, 0.05) is 28.5 Å². The van der Waals surface area contributed by atoms with Gasteiger partial charge in [0.05, 0.1) is 6.33 Å². The van der Waals surface area contributed by atoms with Crippen LogP contribution < -0.4 is 0 Å². The van der Waals surface area contributed by atoms with E-state index in [1.54, 1.807) is 5.67 Å². The number of aromatic nitrogens is 2. The second-order valence-corrected chi connectivity index (χ2v) is 33.3. The van der Waals surface area contributed by atoms with Gasteiger partial charge in [0.15, 0.2) is 8.24 Å². The summed E-state index contributed by atoms with van der Waals surface area (Å²) in [5, 5.41) is 0. The number of nitrogens with zero attached hydrogens (tertiary/aromatic N) is 3. The smallest absolute Gasteiger partial charge is 0.154 e. The summed E-state index contributed by atoms with van der Waals surface area (Å²) in [5.41, 5.74) is 1.57. The molecule has 0 aromatic carbocycles. The molecule has 0 spiro atoms. The summed E-state index contributed by atoms with van der Waals surface area (Å²) < 4.78 is 4.54. The van der Waals surface area contributed by atoms with E-state index in [0.29, 0.717) is 0 Å². The Morgan fingerprint density at radius 2 is 1.12 bits per heavy atom. The van der Waals surface area contributed by atoms with Crippen LogP contribution in [0.2, 0.25) is 84.2 Å². The van der Waals surface area contributed by atoms with E-state index in [0.717, 1.165) is 0 Å². The van der Waals surface area contributed by atoms with Gasteiger partial charge in [0.2, 0.25) is 0 Å². The molecule has 1 aromatic heterocycles. The number of rotatable bonds is 4. The third kappa shape index (κ3) is 18.6. The molecule has 1 aromatic rings.